The smallest absolute Gasteiger partial charge is 0.0573 e. The van der Waals surface area contributed by atoms with E-state index in [9.17, 15) is 0 Å². The number of allylic oxidation sites excluding steroid dienone is 1. The molecule has 0 saturated heterocycles. The summed E-state index contributed by atoms with van der Waals surface area (Å²) >= 11 is 3.79. The first-order chi connectivity index (χ1) is 21.7. The topological polar surface area (TPSA) is 27.8 Å². The van der Waals surface area contributed by atoms with Crippen molar-refractivity contribution in [1.29, 1.82) is 0 Å². The molecule has 1 unspecified atom stereocenters. The van der Waals surface area contributed by atoms with Crippen molar-refractivity contribution in [3.63, 3.8) is 0 Å². The van der Waals surface area contributed by atoms with E-state index in [0.29, 0.717) is 6.04 Å². The van der Waals surface area contributed by atoms with E-state index in [1.54, 1.807) is 0 Å². The summed E-state index contributed by atoms with van der Waals surface area (Å²) in [6.07, 6.45) is 7.90. The number of fused-ring (bicyclic) bond motifs is 10. The van der Waals surface area contributed by atoms with Gasteiger partial charge in [-0.15, -0.1) is 22.7 Å². The number of aromatic nitrogens is 1. The number of para-hydroxylation sites is 1. The Kier molecular flexibility index (Phi) is 6.77. The average molecular weight is 607 g/mol. The van der Waals surface area contributed by atoms with E-state index in [4.69, 9.17) is 0 Å². The predicted octanol–water partition coefficient (Wildman–Crippen LogP) is 12.4. The minimum Gasteiger partial charge on any atom is -0.382 e. The highest BCUT2D eigenvalue weighted by Gasteiger charge is 2.20. The van der Waals surface area contributed by atoms with E-state index in [1.807, 2.05) is 36.5 Å². The van der Waals surface area contributed by atoms with Gasteiger partial charge in [0.25, 0.3) is 0 Å². The number of nitrogens with one attached hydrogen (secondary N) is 2. The van der Waals surface area contributed by atoms with Crippen LogP contribution in [-0.2, 0) is 0 Å². The molecule has 2 N–H and O–H groups in total. The van der Waals surface area contributed by atoms with Gasteiger partial charge in [0, 0.05) is 73.9 Å². The molecular formula is C40H34N2S2. The first-order valence-corrected chi connectivity index (χ1v) is 17.3. The summed E-state index contributed by atoms with van der Waals surface area (Å²) in [5.74, 6) is 0. The number of thiophene rings is 2. The number of rotatable bonds is 4. The lowest BCUT2D eigenvalue weighted by Crippen LogP contribution is -2.28. The highest BCUT2D eigenvalue weighted by atomic mass is 32.1. The SMILES string of the molecule is C=C(NC1CC=CCC1)c1cc2c3ccc(-c4ccc5c(c4)sc4ccccc45)cc3sc2c2c1[nH]c1ccccc12.CC. The fourth-order valence-corrected chi connectivity index (χ4v) is 9.25. The molecule has 1 atom stereocenters. The van der Waals surface area contributed by atoms with E-state index in [0.717, 1.165) is 25.0 Å². The van der Waals surface area contributed by atoms with Gasteiger partial charge in [-0.3, -0.25) is 0 Å². The molecule has 0 radical (unpaired) electrons. The lowest BCUT2D eigenvalue weighted by atomic mass is 9.98. The van der Waals surface area contributed by atoms with Crippen LogP contribution in [0.3, 0.4) is 0 Å². The van der Waals surface area contributed by atoms with Crippen molar-refractivity contribution in [2.24, 2.45) is 0 Å². The molecular weight excluding hydrogens is 573 g/mol. The Morgan fingerprint density at radius 1 is 0.727 bits per heavy atom. The lowest BCUT2D eigenvalue weighted by molar-refractivity contribution is 0.545. The Morgan fingerprint density at radius 2 is 1.41 bits per heavy atom. The van der Waals surface area contributed by atoms with Gasteiger partial charge in [-0.2, -0.15) is 0 Å². The summed E-state index contributed by atoms with van der Waals surface area (Å²) in [5, 5.41) is 11.7. The van der Waals surface area contributed by atoms with Crippen molar-refractivity contribution in [2.75, 3.05) is 0 Å². The number of hydrogen-bond donors (Lipinski definition) is 2. The second-order valence-electron chi connectivity index (χ2n) is 11.4. The predicted molar refractivity (Wildman–Crippen MR) is 197 cm³/mol. The van der Waals surface area contributed by atoms with Crippen LogP contribution in [-0.4, -0.2) is 11.0 Å². The van der Waals surface area contributed by atoms with Crippen molar-refractivity contribution in [3.8, 4) is 11.1 Å². The van der Waals surface area contributed by atoms with Gasteiger partial charge in [0.15, 0.2) is 0 Å². The third kappa shape index (κ3) is 4.36. The van der Waals surface area contributed by atoms with E-state index >= 15 is 0 Å². The molecule has 1 aliphatic carbocycles. The Hall–Kier alpha value is -4.38. The minimum absolute atomic E-state index is 0.428. The van der Waals surface area contributed by atoms with Crippen LogP contribution in [0.15, 0.2) is 110 Å². The van der Waals surface area contributed by atoms with Crippen LogP contribution in [0, 0.1) is 0 Å². The average Bonchev–Trinajstić information content (AvgIpc) is 3.76. The Labute approximate surface area is 265 Å². The van der Waals surface area contributed by atoms with Gasteiger partial charge in [-0.05, 0) is 60.7 Å². The van der Waals surface area contributed by atoms with Gasteiger partial charge < -0.3 is 10.3 Å². The molecule has 0 saturated carbocycles. The molecule has 0 aliphatic heterocycles. The van der Waals surface area contributed by atoms with Gasteiger partial charge >= 0.3 is 0 Å². The maximum Gasteiger partial charge on any atom is 0.0573 e. The van der Waals surface area contributed by atoms with Gasteiger partial charge in [0.2, 0.25) is 0 Å². The highest BCUT2D eigenvalue weighted by Crippen LogP contribution is 2.45. The third-order valence-electron chi connectivity index (χ3n) is 8.90. The van der Waals surface area contributed by atoms with Gasteiger partial charge in [-0.25, -0.2) is 0 Å². The summed E-state index contributed by atoms with van der Waals surface area (Å²) < 4.78 is 5.35. The van der Waals surface area contributed by atoms with Gasteiger partial charge in [0.1, 0.15) is 0 Å². The zero-order valence-corrected chi connectivity index (χ0v) is 26.7. The van der Waals surface area contributed by atoms with Crippen molar-refractivity contribution in [2.45, 2.75) is 39.2 Å². The van der Waals surface area contributed by atoms with Crippen LogP contribution in [0.2, 0.25) is 0 Å². The second-order valence-corrected chi connectivity index (χ2v) is 13.6. The molecule has 0 amide bonds. The van der Waals surface area contributed by atoms with E-state index in [-0.39, 0.29) is 0 Å². The lowest BCUT2D eigenvalue weighted by Gasteiger charge is -2.22. The summed E-state index contributed by atoms with van der Waals surface area (Å²) in [6, 6.07) is 34.1. The normalized spacial score (nSPS) is 15.0. The molecule has 8 aromatic rings. The zero-order chi connectivity index (χ0) is 29.8. The van der Waals surface area contributed by atoms with Gasteiger partial charge in [0.05, 0.1) is 5.52 Å². The summed E-state index contributed by atoms with van der Waals surface area (Å²) in [5.41, 5.74) is 7.05. The fraction of sp³-hybridized carbons (Fsp3) is 0.150. The standard InChI is InChI=1S/C38H28N2S2.C2H6/c1-22(39-25-9-3-2-4-10-25)30-21-31-28-18-16-24(23-15-17-27-26-11-6-8-14-33(26)41-34(27)19-23)20-35(28)42-38(31)36-29-12-5-7-13-32(29)40-37(30)36;1-2/h2-3,5-8,11-21,25,39-40H,1,4,9-10H2;1-2H3. The van der Waals surface area contributed by atoms with Crippen molar-refractivity contribution >= 4 is 90.5 Å². The second kappa shape index (κ2) is 11.0. The molecule has 1 aliphatic rings. The molecule has 44 heavy (non-hydrogen) atoms. The quantitative estimate of drug-likeness (QED) is 0.192. The molecule has 3 aromatic heterocycles. The molecule has 9 rings (SSSR count). The maximum absolute atomic E-state index is 4.55. The van der Waals surface area contributed by atoms with Gasteiger partial charge in [-0.1, -0.05) is 93.2 Å². The number of H-pyrrole nitrogens is 1. The van der Waals surface area contributed by atoms with E-state index in [2.05, 4.69) is 120 Å². The molecule has 4 heteroatoms. The molecule has 0 fully saturated rings. The minimum atomic E-state index is 0.428. The van der Waals surface area contributed by atoms with Crippen LogP contribution in [0.25, 0.3) is 79.0 Å². The largest absolute Gasteiger partial charge is 0.382 e. The van der Waals surface area contributed by atoms with Crippen LogP contribution >= 0.6 is 22.7 Å². The number of hydrogen-bond acceptors (Lipinski definition) is 3. The van der Waals surface area contributed by atoms with Crippen LogP contribution < -0.4 is 5.32 Å². The van der Waals surface area contributed by atoms with Crippen LogP contribution in [0.4, 0.5) is 0 Å². The Morgan fingerprint density at radius 3 is 2.18 bits per heavy atom. The fourth-order valence-electron chi connectivity index (χ4n) is 6.81. The molecule has 0 bridgehead atoms. The third-order valence-corrected chi connectivity index (χ3v) is 11.2. The Bertz CT molecular complexity index is 2400. The molecule has 0 spiro atoms. The zero-order valence-electron chi connectivity index (χ0n) is 25.0. The highest BCUT2D eigenvalue weighted by molar-refractivity contribution is 7.27. The number of aromatic amines is 1. The summed E-state index contributed by atoms with van der Waals surface area (Å²) in [7, 11) is 0. The molecule has 216 valence electrons. The first-order valence-electron chi connectivity index (χ1n) is 15.6. The summed E-state index contributed by atoms with van der Waals surface area (Å²) in [4.78, 5) is 3.76. The molecule has 2 nitrogen and oxygen atoms in total. The maximum atomic E-state index is 4.55. The van der Waals surface area contributed by atoms with E-state index < -0.39 is 0 Å². The first kappa shape index (κ1) is 27.2. The van der Waals surface area contributed by atoms with Crippen molar-refractivity contribution in [1.82, 2.24) is 10.3 Å². The van der Waals surface area contributed by atoms with Crippen molar-refractivity contribution < 1.29 is 0 Å². The summed E-state index contributed by atoms with van der Waals surface area (Å²) in [6.45, 7) is 8.55. The molecule has 3 heterocycles. The number of benzene rings is 5. The Balaban J connectivity index is 0.00000142. The van der Waals surface area contributed by atoms with Crippen molar-refractivity contribution in [3.05, 3.63) is 115 Å². The van der Waals surface area contributed by atoms with E-state index in [1.165, 1.54) is 78.8 Å². The monoisotopic (exact) mass is 606 g/mol. The molecule has 5 aromatic carbocycles. The van der Waals surface area contributed by atoms with Crippen LogP contribution in [0.5, 0.6) is 0 Å². The van der Waals surface area contributed by atoms with Crippen LogP contribution in [0.1, 0.15) is 38.7 Å².